The molecule has 3 aromatic rings. The number of benzene rings is 3. The number of aliphatic hydroxyl groups excluding tert-OH is 1. The number of hydrogen-bond acceptors (Lipinski definition) is 17. The number of halogens is 4. The van der Waals surface area contributed by atoms with Crippen LogP contribution >= 0.6 is 11.6 Å². The van der Waals surface area contributed by atoms with E-state index in [1.807, 2.05) is 44.2 Å². The molecule has 0 saturated heterocycles. The molecule has 362 valence electrons. The summed E-state index contributed by atoms with van der Waals surface area (Å²) in [5.74, 6) is -1.04. The van der Waals surface area contributed by atoms with Gasteiger partial charge in [-0.3, -0.25) is 8.74 Å². The van der Waals surface area contributed by atoms with Gasteiger partial charge in [0.15, 0.2) is 12.2 Å². The van der Waals surface area contributed by atoms with Gasteiger partial charge in [0.1, 0.15) is 6.10 Å². The summed E-state index contributed by atoms with van der Waals surface area (Å²) < 4.78 is 159. The van der Waals surface area contributed by atoms with Crippen LogP contribution in [0, 0.1) is 25.2 Å². The molecule has 26 heteroatoms. The molecule has 64 heavy (non-hydrogen) atoms. The van der Waals surface area contributed by atoms with Gasteiger partial charge in [-0.15, -0.1) is 11.6 Å². The third-order valence-electron chi connectivity index (χ3n) is 6.99. The number of rotatable bonds is 21. The van der Waals surface area contributed by atoms with Gasteiger partial charge < -0.3 is 19.3 Å². The topological polar surface area (TPSA) is 273 Å². The summed E-state index contributed by atoms with van der Waals surface area (Å²) in [4.78, 5) is 10.9. The Morgan fingerprint density at radius 1 is 0.781 bits per heavy atom. The van der Waals surface area contributed by atoms with Crippen LogP contribution in [0.15, 0.2) is 88.7 Å². The van der Waals surface area contributed by atoms with Crippen LogP contribution in [-0.4, -0.2) is 118 Å². The first-order chi connectivity index (χ1) is 29.6. The number of esters is 1. The second-order valence-corrected chi connectivity index (χ2v) is 19.4. The molecule has 3 atom stereocenters. The zero-order valence-electron chi connectivity index (χ0n) is 35.2. The van der Waals surface area contributed by atoms with Crippen molar-refractivity contribution in [1.29, 1.82) is 5.26 Å². The van der Waals surface area contributed by atoms with Crippen LogP contribution < -0.4 is 0 Å². The Labute approximate surface area is 377 Å². The third kappa shape index (κ3) is 26.9. The van der Waals surface area contributed by atoms with Crippen LogP contribution in [0.3, 0.4) is 0 Å². The molecule has 0 aliphatic rings. The van der Waals surface area contributed by atoms with E-state index in [2.05, 4.69) is 13.1 Å². The second kappa shape index (κ2) is 29.7. The summed E-state index contributed by atoms with van der Waals surface area (Å²) in [7, 11) is -17.3. The molecule has 0 radical (unpaired) electrons. The van der Waals surface area contributed by atoms with Crippen LogP contribution in [0.1, 0.15) is 43.9 Å². The predicted molar refractivity (Wildman–Crippen MR) is 226 cm³/mol. The molecule has 0 amide bonds. The summed E-state index contributed by atoms with van der Waals surface area (Å²) in [5.41, 5.74) is -2.65. The predicted octanol–water partition coefficient (Wildman–Crippen LogP) is 5.21. The summed E-state index contributed by atoms with van der Waals surface area (Å²) in [5, 5.41) is 18.2. The fourth-order valence-corrected chi connectivity index (χ4v) is 7.00. The van der Waals surface area contributed by atoms with Crippen molar-refractivity contribution in [2.24, 2.45) is 0 Å². The number of aliphatic hydroxyl groups is 1. The average Bonchev–Trinajstić information content (AvgIpc) is 3.20. The zero-order valence-corrected chi connectivity index (χ0v) is 39.2. The fourth-order valence-electron chi connectivity index (χ4n) is 3.89. The van der Waals surface area contributed by atoms with Gasteiger partial charge in [0, 0.05) is 12.5 Å². The van der Waals surface area contributed by atoms with Gasteiger partial charge in [0.25, 0.3) is 30.4 Å². The van der Waals surface area contributed by atoms with Crippen molar-refractivity contribution in [2.75, 3.05) is 44.7 Å². The van der Waals surface area contributed by atoms with E-state index in [0.29, 0.717) is 32.1 Å². The Morgan fingerprint density at radius 2 is 1.30 bits per heavy atom. The van der Waals surface area contributed by atoms with Crippen molar-refractivity contribution in [3.05, 3.63) is 95.6 Å². The minimum Gasteiger partial charge on any atom is -0.464 e. The Hall–Kier alpha value is -3.78. The van der Waals surface area contributed by atoms with E-state index in [1.165, 1.54) is 38.1 Å². The molecule has 0 heterocycles. The number of nitrogens with zero attached hydrogens (tertiary/aromatic N) is 1. The van der Waals surface area contributed by atoms with Gasteiger partial charge >= 0.3 is 21.6 Å². The smallest absolute Gasteiger partial charge is 0.464 e. The van der Waals surface area contributed by atoms with Crippen molar-refractivity contribution in [1.82, 2.24) is 0 Å². The molecule has 0 bridgehead atoms. The highest BCUT2D eigenvalue weighted by molar-refractivity contribution is 7.87. The Kier molecular flexibility index (Phi) is 27.9. The number of carbonyl (C=O) groups is 1. The number of nitriles is 1. The lowest BCUT2D eigenvalue weighted by atomic mass is 10.2. The minimum absolute atomic E-state index is 0.00167. The first-order valence-corrected chi connectivity index (χ1v) is 24.9. The number of hydrogen-bond donors (Lipinski definition) is 2. The van der Waals surface area contributed by atoms with Gasteiger partial charge in [-0.25, -0.2) is 13.2 Å². The van der Waals surface area contributed by atoms with Crippen molar-refractivity contribution in [3.8, 4) is 6.07 Å². The highest BCUT2D eigenvalue weighted by Gasteiger charge is 2.49. The highest BCUT2D eigenvalue weighted by atomic mass is 35.5. The second-order valence-electron chi connectivity index (χ2n) is 12.7. The van der Waals surface area contributed by atoms with Crippen molar-refractivity contribution in [3.63, 3.8) is 0 Å². The molecule has 3 rings (SSSR count). The van der Waals surface area contributed by atoms with E-state index in [9.17, 15) is 56.7 Å². The van der Waals surface area contributed by atoms with Crippen molar-refractivity contribution < 1.29 is 88.1 Å². The maximum Gasteiger partial charge on any atom is 0.523 e. The molecule has 18 nitrogen and oxygen atoms in total. The average molecular weight is 1010 g/mol. The first-order valence-electron chi connectivity index (χ1n) is 18.5. The van der Waals surface area contributed by atoms with E-state index in [1.54, 1.807) is 30.3 Å². The SMILES string of the molecule is CCOC(=O)C(C)OS(=O)(=O)C(F)(F)F.Cc1ccc(S(=O)(=O)OC(C)C#N)cc1.Cc1ccc(S(=O)(=O)OCC(O)COCc2ccccc2)cc1.O=S(=O)(O)CCCOCCCl. The molecule has 0 fully saturated rings. The largest absolute Gasteiger partial charge is 0.523 e. The lowest BCUT2D eigenvalue weighted by Crippen LogP contribution is -2.33. The molecule has 3 aromatic carbocycles. The summed E-state index contributed by atoms with van der Waals surface area (Å²) in [6, 6.07) is 23.8. The van der Waals surface area contributed by atoms with Gasteiger partial charge in [0.2, 0.25) is 0 Å². The van der Waals surface area contributed by atoms with Crippen molar-refractivity contribution in [2.45, 2.75) is 81.3 Å². The Morgan fingerprint density at radius 3 is 1.75 bits per heavy atom. The summed E-state index contributed by atoms with van der Waals surface area (Å²) in [6.45, 7) is 8.01. The normalized spacial score (nSPS) is 13.2. The van der Waals surface area contributed by atoms with E-state index >= 15 is 0 Å². The molecule has 0 aliphatic heterocycles. The van der Waals surface area contributed by atoms with E-state index < -0.39 is 70.3 Å². The monoisotopic (exact) mass is 1010 g/mol. The summed E-state index contributed by atoms with van der Waals surface area (Å²) >= 11 is 5.28. The number of aryl methyl sites for hydroxylation is 2. The standard InChI is InChI=1S/C17H20O5S.C10H11NO3S.C6H9F3O5S.C5H11ClO4S/c1-14-7-9-17(10-8-14)23(19,20)22-13-16(18)12-21-11-15-5-3-2-4-6-15;1-8-3-5-10(6-4-8)15(12,13)14-9(2)7-11;1-3-13-5(10)4(2)14-15(11,12)6(7,8)9;6-2-4-10-3-1-5-11(7,8)9/h2-10,16,18H,11-13H2,1H3;3-6,9H,1-2H3;4H,3H2,1-2H3;1-5H2,(H,7,8,9). The lowest BCUT2D eigenvalue weighted by molar-refractivity contribution is -0.151. The van der Waals surface area contributed by atoms with E-state index in [-0.39, 0.29) is 35.4 Å². The maximum absolute atomic E-state index is 12.0. The lowest BCUT2D eigenvalue weighted by Gasteiger charge is -2.13. The molecule has 0 aliphatic carbocycles. The Balaban J connectivity index is 0.000000861. The molecule has 2 N–H and O–H groups in total. The summed E-state index contributed by atoms with van der Waals surface area (Å²) in [6.07, 6.45) is -3.51. The Bertz CT molecular complexity index is 2300. The van der Waals surface area contributed by atoms with Crippen LogP contribution in [0.4, 0.5) is 13.2 Å². The quantitative estimate of drug-likeness (QED) is 0.0346. The zero-order chi connectivity index (χ0) is 49.2. The number of ether oxygens (including phenoxy) is 3. The van der Waals surface area contributed by atoms with Gasteiger partial charge in [-0.1, -0.05) is 65.7 Å². The van der Waals surface area contributed by atoms with Crippen molar-refractivity contribution >= 4 is 58.0 Å². The molecule has 0 saturated carbocycles. The number of carbonyl (C=O) groups excluding carboxylic acids is 1. The third-order valence-corrected chi connectivity index (χ3v) is 11.8. The molecule has 0 aromatic heterocycles. The van der Waals surface area contributed by atoms with Crippen LogP contribution in [0.2, 0.25) is 0 Å². The highest BCUT2D eigenvalue weighted by Crippen LogP contribution is 2.26. The van der Waals surface area contributed by atoms with Gasteiger partial charge in [-0.05, 0) is 70.9 Å². The fraction of sp³-hybridized carbons (Fsp3) is 0.474. The molecule has 0 spiro atoms. The van der Waals surface area contributed by atoms with E-state index in [4.69, 9.17) is 35.1 Å². The van der Waals surface area contributed by atoms with Crippen LogP contribution in [0.25, 0.3) is 0 Å². The molecular formula is C38H51ClF3NO17S4. The maximum atomic E-state index is 12.0. The number of alkyl halides is 4. The first kappa shape index (κ1) is 60.2. The van der Waals surface area contributed by atoms with Gasteiger partial charge in [0.05, 0.1) is 54.6 Å². The van der Waals surface area contributed by atoms with Crippen LogP contribution in [-0.2, 0) is 78.6 Å². The molecular weight excluding hydrogens is 963 g/mol. The van der Waals surface area contributed by atoms with Crippen LogP contribution in [0.5, 0.6) is 0 Å². The van der Waals surface area contributed by atoms with Gasteiger partial charge in [-0.2, -0.15) is 52.1 Å². The minimum atomic E-state index is -5.76. The van der Waals surface area contributed by atoms with E-state index in [0.717, 1.165) is 23.6 Å². The molecule has 3 unspecified atom stereocenters.